The summed E-state index contributed by atoms with van der Waals surface area (Å²) in [5.41, 5.74) is 1.53. The van der Waals surface area contributed by atoms with Gasteiger partial charge in [-0.1, -0.05) is 30.3 Å². The molecule has 0 bridgehead atoms. The van der Waals surface area contributed by atoms with Gasteiger partial charge in [0.1, 0.15) is 17.1 Å². The van der Waals surface area contributed by atoms with E-state index < -0.39 is 5.60 Å². The lowest BCUT2D eigenvalue weighted by Crippen LogP contribution is -2.50. The Morgan fingerprint density at radius 1 is 1.04 bits per heavy atom. The van der Waals surface area contributed by atoms with Crippen molar-refractivity contribution in [2.45, 2.75) is 25.4 Å². The van der Waals surface area contributed by atoms with Gasteiger partial charge in [0.25, 0.3) is 0 Å². The summed E-state index contributed by atoms with van der Waals surface area (Å²) in [6.45, 7) is 4.30. The molecule has 2 heterocycles. The fourth-order valence-corrected chi connectivity index (χ4v) is 4.57. The second-order valence-corrected chi connectivity index (χ2v) is 7.95. The SMILES string of the molecule is COc1ccc2c(c1)OC[C@@H]1[C@H]2C2=C(OC1(C)C)C(=O)c1ccccc1C2=O. The predicted octanol–water partition coefficient (Wildman–Crippen LogP) is 3.93. The second kappa shape index (κ2) is 5.71. The van der Waals surface area contributed by atoms with Crippen LogP contribution in [0.25, 0.3) is 0 Å². The normalized spacial score (nSPS) is 24.2. The van der Waals surface area contributed by atoms with E-state index >= 15 is 0 Å². The van der Waals surface area contributed by atoms with Gasteiger partial charge in [0.05, 0.1) is 19.3 Å². The molecular weight excluding hydrogens is 356 g/mol. The van der Waals surface area contributed by atoms with E-state index in [4.69, 9.17) is 14.2 Å². The first-order valence-electron chi connectivity index (χ1n) is 9.34. The number of fused-ring (bicyclic) bond motifs is 5. The van der Waals surface area contributed by atoms with Crippen molar-refractivity contribution in [1.82, 2.24) is 0 Å². The molecule has 2 aromatic rings. The zero-order valence-electron chi connectivity index (χ0n) is 15.9. The second-order valence-electron chi connectivity index (χ2n) is 7.95. The van der Waals surface area contributed by atoms with Crippen LogP contribution in [0.2, 0.25) is 0 Å². The molecule has 0 saturated carbocycles. The number of methoxy groups -OCH3 is 1. The van der Waals surface area contributed by atoms with Crippen LogP contribution in [0.3, 0.4) is 0 Å². The fraction of sp³-hybridized carbons (Fsp3) is 0.304. The smallest absolute Gasteiger partial charge is 0.228 e. The summed E-state index contributed by atoms with van der Waals surface area (Å²) in [4.78, 5) is 26.6. The van der Waals surface area contributed by atoms with Gasteiger partial charge in [0.15, 0.2) is 11.5 Å². The highest BCUT2D eigenvalue weighted by Crippen LogP contribution is 2.53. The van der Waals surface area contributed by atoms with E-state index in [1.54, 1.807) is 31.4 Å². The first-order valence-corrected chi connectivity index (χ1v) is 9.34. The number of hydrogen-bond donors (Lipinski definition) is 0. The summed E-state index contributed by atoms with van der Waals surface area (Å²) in [5, 5.41) is 0. The van der Waals surface area contributed by atoms with Crippen LogP contribution in [0, 0.1) is 5.92 Å². The number of hydrogen-bond acceptors (Lipinski definition) is 5. The quantitative estimate of drug-likeness (QED) is 0.755. The van der Waals surface area contributed by atoms with Crippen molar-refractivity contribution in [2.24, 2.45) is 5.92 Å². The Labute approximate surface area is 162 Å². The van der Waals surface area contributed by atoms with E-state index in [-0.39, 0.29) is 29.2 Å². The van der Waals surface area contributed by atoms with E-state index in [9.17, 15) is 9.59 Å². The molecule has 0 amide bonds. The molecule has 3 aliphatic rings. The number of carbonyl (C=O) groups excluding carboxylic acids is 2. The highest BCUT2D eigenvalue weighted by Gasteiger charge is 2.53. The molecule has 0 N–H and O–H groups in total. The molecular formula is C23H20O5. The molecule has 0 spiro atoms. The van der Waals surface area contributed by atoms with Crippen LogP contribution in [0.1, 0.15) is 46.0 Å². The fourth-order valence-electron chi connectivity index (χ4n) is 4.57. The van der Waals surface area contributed by atoms with Crippen LogP contribution in [-0.2, 0) is 4.74 Å². The number of benzene rings is 2. The summed E-state index contributed by atoms with van der Waals surface area (Å²) >= 11 is 0. The average molecular weight is 376 g/mol. The molecule has 28 heavy (non-hydrogen) atoms. The maximum atomic E-state index is 13.4. The molecule has 5 rings (SSSR count). The summed E-state index contributed by atoms with van der Waals surface area (Å²) in [7, 11) is 1.60. The maximum Gasteiger partial charge on any atom is 0.228 e. The van der Waals surface area contributed by atoms with Crippen LogP contribution in [0.4, 0.5) is 0 Å². The molecule has 1 aliphatic carbocycles. The number of allylic oxidation sites excluding steroid dienone is 2. The van der Waals surface area contributed by atoms with Crippen molar-refractivity contribution in [2.75, 3.05) is 13.7 Å². The largest absolute Gasteiger partial charge is 0.497 e. The first-order chi connectivity index (χ1) is 13.4. The minimum absolute atomic E-state index is 0.0887. The zero-order chi connectivity index (χ0) is 19.6. The molecule has 0 unspecified atom stereocenters. The van der Waals surface area contributed by atoms with Gasteiger partial charge in [-0.15, -0.1) is 0 Å². The summed E-state index contributed by atoms with van der Waals surface area (Å²) < 4.78 is 17.5. The standard InChI is InChI=1S/C23H20O5/c1-23(2)16-11-27-17-10-12(26-3)8-9-15(17)18(16)19-20(24)13-6-4-5-7-14(13)21(25)22(19)28-23/h4-10,16,18H,11H2,1-3H3/t16-,18+/m1/s1. The predicted molar refractivity (Wildman–Crippen MR) is 102 cm³/mol. The summed E-state index contributed by atoms with van der Waals surface area (Å²) in [5.74, 6) is 0.835. The molecule has 5 heteroatoms. The molecule has 142 valence electrons. The highest BCUT2D eigenvalue weighted by molar-refractivity contribution is 6.26. The molecule has 0 saturated heterocycles. The Morgan fingerprint density at radius 3 is 2.46 bits per heavy atom. The zero-order valence-corrected chi connectivity index (χ0v) is 15.9. The molecule has 2 aliphatic heterocycles. The minimum atomic E-state index is -0.649. The third kappa shape index (κ3) is 2.19. The lowest BCUT2D eigenvalue weighted by Gasteiger charge is -2.48. The Bertz CT molecular complexity index is 1060. The number of ether oxygens (including phenoxy) is 3. The maximum absolute atomic E-state index is 13.4. The summed E-state index contributed by atoms with van der Waals surface area (Å²) in [6.07, 6.45) is 0. The minimum Gasteiger partial charge on any atom is -0.497 e. The van der Waals surface area contributed by atoms with Crippen LogP contribution in [0.5, 0.6) is 11.5 Å². The Balaban J connectivity index is 1.75. The number of ketones is 2. The lowest BCUT2D eigenvalue weighted by molar-refractivity contribution is -0.0595. The Kier molecular flexibility index (Phi) is 3.48. The van der Waals surface area contributed by atoms with E-state index in [1.807, 2.05) is 32.0 Å². The van der Waals surface area contributed by atoms with Crippen molar-refractivity contribution < 1.29 is 23.8 Å². The van der Waals surface area contributed by atoms with Crippen LogP contribution in [0.15, 0.2) is 53.8 Å². The molecule has 2 atom stereocenters. The first kappa shape index (κ1) is 17.0. The van der Waals surface area contributed by atoms with Gasteiger partial charge < -0.3 is 14.2 Å². The van der Waals surface area contributed by atoms with E-state index in [2.05, 4.69) is 0 Å². The van der Waals surface area contributed by atoms with Gasteiger partial charge in [-0.25, -0.2) is 0 Å². The van der Waals surface area contributed by atoms with Crippen LogP contribution in [-0.4, -0.2) is 30.9 Å². The lowest BCUT2D eigenvalue weighted by atomic mass is 9.66. The summed E-state index contributed by atoms with van der Waals surface area (Å²) in [6, 6.07) is 12.6. The van der Waals surface area contributed by atoms with Gasteiger partial charge in [-0.3, -0.25) is 9.59 Å². The van der Waals surface area contributed by atoms with Gasteiger partial charge in [-0.2, -0.15) is 0 Å². The van der Waals surface area contributed by atoms with Gasteiger partial charge in [0.2, 0.25) is 5.78 Å². The average Bonchev–Trinajstić information content (AvgIpc) is 2.70. The monoisotopic (exact) mass is 376 g/mol. The van der Waals surface area contributed by atoms with E-state index in [1.165, 1.54) is 0 Å². The van der Waals surface area contributed by atoms with Gasteiger partial charge >= 0.3 is 0 Å². The molecule has 2 aromatic carbocycles. The van der Waals surface area contributed by atoms with Gasteiger partial charge in [-0.05, 0) is 19.9 Å². The molecule has 0 radical (unpaired) electrons. The van der Waals surface area contributed by atoms with Crippen LogP contribution >= 0.6 is 0 Å². The third-order valence-corrected chi connectivity index (χ3v) is 6.06. The van der Waals surface area contributed by atoms with E-state index in [0.717, 1.165) is 5.56 Å². The third-order valence-electron chi connectivity index (χ3n) is 6.06. The van der Waals surface area contributed by atoms with Crippen molar-refractivity contribution in [3.05, 3.63) is 70.5 Å². The Morgan fingerprint density at radius 2 is 1.75 bits per heavy atom. The molecule has 0 fully saturated rings. The van der Waals surface area contributed by atoms with Crippen LogP contribution < -0.4 is 9.47 Å². The highest BCUT2D eigenvalue weighted by atomic mass is 16.5. The number of carbonyl (C=O) groups is 2. The molecule has 0 aromatic heterocycles. The number of rotatable bonds is 1. The molecule has 5 nitrogen and oxygen atoms in total. The van der Waals surface area contributed by atoms with Crippen molar-refractivity contribution in [1.29, 1.82) is 0 Å². The topological polar surface area (TPSA) is 61.8 Å². The van der Waals surface area contributed by atoms with E-state index in [0.29, 0.717) is 34.8 Å². The number of Topliss-reactive ketones (excluding diaryl/α,β-unsaturated/α-hetero) is 2. The Hall–Kier alpha value is -3.08. The van der Waals surface area contributed by atoms with Crippen molar-refractivity contribution in [3.8, 4) is 11.5 Å². The van der Waals surface area contributed by atoms with Crippen molar-refractivity contribution in [3.63, 3.8) is 0 Å². The van der Waals surface area contributed by atoms with Gasteiger partial charge in [0, 0.05) is 34.6 Å². The van der Waals surface area contributed by atoms with Crippen molar-refractivity contribution >= 4 is 11.6 Å².